The van der Waals surface area contributed by atoms with Gasteiger partial charge in [-0.1, -0.05) is 55.8 Å². The molecule has 29 heavy (non-hydrogen) atoms. The third kappa shape index (κ3) is 5.56. The molecule has 0 heterocycles. The van der Waals surface area contributed by atoms with Crippen molar-refractivity contribution in [2.45, 2.75) is 44.9 Å². The molecule has 0 radical (unpaired) electrons. The summed E-state index contributed by atoms with van der Waals surface area (Å²) in [4.78, 5) is 0. The minimum Gasteiger partial charge on any atom is -0.486 e. The highest BCUT2D eigenvalue weighted by Gasteiger charge is 2.20. The molecule has 0 saturated heterocycles. The van der Waals surface area contributed by atoms with Crippen LogP contribution in [0.3, 0.4) is 0 Å². The lowest BCUT2D eigenvalue weighted by Crippen LogP contribution is -2.14. The quantitative estimate of drug-likeness (QED) is 0.398. The second-order valence-corrected chi connectivity index (χ2v) is 7.99. The Morgan fingerprint density at radius 1 is 0.862 bits per heavy atom. The lowest BCUT2D eigenvalue weighted by Gasteiger charge is -2.27. The number of benzene rings is 2. The highest BCUT2D eigenvalue weighted by atomic mass is 19.2. The zero-order valence-corrected chi connectivity index (χ0v) is 17.0. The third-order valence-electron chi connectivity index (χ3n) is 5.98. The molecule has 0 aromatic heterocycles. The van der Waals surface area contributed by atoms with Gasteiger partial charge in [-0.05, 0) is 67.2 Å². The molecule has 0 bridgehead atoms. The highest BCUT2D eigenvalue weighted by molar-refractivity contribution is 5.65. The predicted octanol–water partition coefficient (Wildman–Crippen LogP) is 7.51. The van der Waals surface area contributed by atoms with Crippen LogP contribution in [-0.4, -0.2) is 6.61 Å². The van der Waals surface area contributed by atoms with Gasteiger partial charge in [-0.2, -0.15) is 4.39 Å². The lowest BCUT2D eigenvalue weighted by atomic mass is 9.78. The number of halogens is 2. The molecule has 1 saturated carbocycles. The summed E-state index contributed by atoms with van der Waals surface area (Å²) in [5.74, 6) is -0.307. The summed E-state index contributed by atoms with van der Waals surface area (Å²) < 4.78 is 33.8. The van der Waals surface area contributed by atoms with E-state index in [-0.39, 0.29) is 17.9 Å². The first kappa shape index (κ1) is 21.3. The number of allylic oxidation sites excluding steroid dienone is 1. The minimum atomic E-state index is -0.958. The van der Waals surface area contributed by atoms with Crippen molar-refractivity contribution in [1.29, 1.82) is 0 Å². The average molecular weight is 397 g/mol. The van der Waals surface area contributed by atoms with Gasteiger partial charge in [0.05, 0.1) is 0 Å². The normalized spacial score (nSPS) is 19.0. The van der Waals surface area contributed by atoms with Gasteiger partial charge in [0.15, 0.2) is 11.6 Å². The Labute approximate surface area is 173 Å². The molecule has 1 aliphatic carbocycles. The molecule has 1 fully saturated rings. The molecule has 0 unspecified atom stereocenters. The van der Waals surface area contributed by atoms with E-state index in [1.807, 2.05) is 30.3 Å². The first-order valence-corrected chi connectivity index (χ1v) is 10.5. The molecule has 1 aliphatic rings. The largest absolute Gasteiger partial charge is 0.486 e. The van der Waals surface area contributed by atoms with Crippen LogP contribution in [0.2, 0.25) is 0 Å². The fourth-order valence-corrected chi connectivity index (χ4v) is 4.23. The van der Waals surface area contributed by atoms with Gasteiger partial charge in [0.2, 0.25) is 5.82 Å². The third-order valence-corrected chi connectivity index (χ3v) is 5.98. The van der Waals surface area contributed by atoms with Crippen molar-refractivity contribution in [3.8, 4) is 16.9 Å². The molecule has 3 rings (SSSR count). The first-order chi connectivity index (χ1) is 14.1. The summed E-state index contributed by atoms with van der Waals surface area (Å²) in [6.45, 7) is 7.50. The molecule has 0 amide bonds. The van der Waals surface area contributed by atoms with Gasteiger partial charge in [0.25, 0.3) is 0 Å². The molecule has 3 heteroatoms. The molecule has 0 atom stereocenters. The van der Waals surface area contributed by atoms with Gasteiger partial charge in [-0.25, -0.2) is 4.39 Å². The molecule has 1 nitrogen and oxygen atoms in total. The lowest BCUT2D eigenvalue weighted by molar-refractivity contribution is 0.265. The topological polar surface area (TPSA) is 9.23 Å². The Morgan fingerprint density at radius 2 is 1.55 bits per heavy atom. The summed E-state index contributed by atoms with van der Waals surface area (Å²) >= 11 is 0. The van der Waals surface area contributed by atoms with Crippen molar-refractivity contribution < 1.29 is 13.5 Å². The first-order valence-electron chi connectivity index (χ1n) is 10.5. The van der Waals surface area contributed by atoms with Crippen molar-refractivity contribution in [1.82, 2.24) is 0 Å². The predicted molar refractivity (Wildman–Crippen MR) is 116 cm³/mol. The average Bonchev–Trinajstić information content (AvgIpc) is 2.75. The fraction of sp³-hybridized carbons (Fsp3) is 0.385. The van der Waals surface area contributed by atoms with Crippen molar-refractivity contribution in [2.24, 2.45) is 11.8 Å². The standard InChI is InChI=1S/C26H30F2O/c1-3-5-19-6-8-20(9-7-19)10-11-21-12-14-22(15-13-21)23-16-17-24(29-18-4-2)26(28)25(23)27/h3-4,12-17,19-20H,1-2,5-11,18H2. The molecule has 0 spiro atoms. The van der Waals surface area contributed by atoms with E-state index in [9.17, 15) is 8.78 Å². The van der Waals surface area contributed by atoms with Crippen LogP contribution >= 0.6 is 0 Å². The van der Waals surface area contributed by atoms with E-state index < -0.39 is 11.6 Å². The fourth-order valence-electron chi connectivity index (χ4n) is 4.23. The van der Waals surface area contributed by atoms with E-state index in [0.717, 1.165) is 24.7 Å². The Hall–Kier alpha value is -2.42. The van der Waals surface area contributed by atoms with E-state index >= 15 is 0 Å². The maximum absolute atomic E-state index is 14.5. The summed E-state index contributed by atoms with van der Waals surface area (Å²) in [5.41, 5.74) is 2.17. The van der Waals surface area contributed by atoms with Crippen LogP contribution in [-0.2, 0) is 6.42 Å². The zero-order chi connectivity index (χ0) is 20.6. The van der Waals surface area contributed by atoms with Gasteiger partial charge in [0.1, 0.15) is 6.61 Å². The van der Waals surface area contributed by atoms with E-state index in [0.29, 0.717) is 5.56 Å². The van der Waals surface area contributed by atoms with E-state index in [1.165, 1.54) is 49.8 Å². The van der Waals surface area contributed by atoms with Crippen molar-refractivity contribution in [3.63, 3.8) is 0 Å². The van der Waals surface area contributed by atoms with Crippen molar-refractivity contribution >= 4 is 0 Å². The maximum atomic E-state index is 14.5. The van der Waals surface area contributed by atoms with Gasteiger partial charge >= 0.3 is 0 Å². The Bertz CT molecular complexity index is 817. The summed E-state index contributed by atoms with van der Waals surface area (Å²) in [6, 6.07) is 10.8. The molecule has 2 aromatic carbocycles. The van der Waals surface area contributed by atoms with Crippen LogP contribution in [0.15, 0.2) is 61.7 Å². The summed E-state index contributed by atoms with van der Waals surface area (Å²) in [7, 11) is 0. The number of rotatable bonds is 9. The molecular formula is C26H30F2O. The Balaban J connectivity index is 1.58. The maximum Gasteiger partial charge on any atom is 0.201 e. The smallest absolute Gasteiger partial charge is 0.201 e. The number of hydrogen-bond acceptors (Lipinski definition) is 1. The van der Waals surface area contributed by atoms with Gasteiger partial charge in [-0.15, -0.1) is 6.58 Å². The number of aryl methyl sites for hydroxylation is 1. The Morgan fingerprint density at radius 3 is 2.21 bits per heavy atom. The van der Waals surface area contributed by atoms with Crippen LogP contribution in [0.1, 0.15) is 44.1 Å². The number of hydrogen-bond donors (Lipinski definition) is 0. The minimum absolute atomic E-state index is 0.0921. The highest BCUT2D eigenvalue weighted by Crippen LogP contribution is 2.34. The van der Waals surface area contributed by atoms with Crippen LogP contribution in [0.4, 0.5) is 8.78 Å². The summed E-state index contributed by atoms with van der Waals surface area (Å²) in [5, 5.41) is 0. The summed E-state index contributed by atoms with van der Waals surface area (Å²) in [6.07, 6.45) is 12.1. The van der Waals surface area contributed by atoms with Gasteiger partial charge < -0.3 is 4.74 Å². The molecule has 154 valence electrons. The second-order valence-electron chi connectivity index (χ2n) is 7.99. The van der Waals surface area contributed by atoms with Crippen molar-refractivity contribution in [3.05, 3.63) is 78.9 Å². The second kappa shape index (κ2) is 10.4. The monoisotopic (exact) mass is 396 g/mol. The van der Waals surface area contributed by atoms with E-state index in [4.69, 9.17) is 4.74 Å². The van der Waals surface area contributed by atoms with E-state index in [2.05, 4.69) is 13.2 Å². The van der Waals surface area contributed by atoms with Crippen LogP contribution in [0, 0.1) is 23.5 Å². The van der Waals surface area contributed by atoms with Crippen LogP contribution in [0.25, 0.3) is 11.1 Å². The molecule has 0 N–H and O–H groups in total. The van der Waals surface area contributed by atoms with E-state index in [1.54, 1.807) is 6.07 Å². The molecule has 2 aromatic rings. The van der Waals surface area contributed by atoms with Crippen LogP contribution in [0.5, 0.6) is 5.75 Å². The SMILES string of the molecule is C=CCOc1ccc(-c2ccc(CCC3CCC(CC=C)CC3)cc2)c(F)c1F. The van der Waals surface area contributed by atoms with Crippen molar-refractivity contribution in [2.75, 3.05) is 6.61 Å². The number of ether oxygens (including phenoxy) is 1. The molecular weight excluding hydrogens is 366 g/mol. The Kier molecular flexibility index (Phi) is 7.62. The van der Waals surface area contributed by atoms with Gasteiger partial charge in [-0.3, -0.25) is 0 Å². The molecule has 0 aliphatic heterocycles. The van der Waals surface area contributed by atoms with Crippen LogP contribution < -0.4 is 4.74 Å². The van der Waals surface area contributed by atoms with Gasteiger partial charge in [0, 0.05) is 5.56 Å². The zero-order valence-electron chi connectivity index (χ0n) is 17.0.